The highest BCUT2D eigenvalue weighted by Gasteiger charge is 2.45. The van der Waals surface area contributed by atoms with Crippen molar-refractivity contribution in [2.45, 2.75) is 32.6 Å². The van der Waals surface area contributed by atoms with E-state index in [2.05, 4.69) is 4.98 Å². The minimum atomic E-state index is -0.779. The van der Waals surface area contributed by atoms with Crippen LogP contribution in [0.15, 0.2) is 24.5 Å². The third kappa shape index (κ3) is 2.98. The van der Waals surface area contributed by atoms with Crippen LogP contribution in [0.25, 0.3) is 0 Å². The summed E-state index contributed by atoms with van der Waals surface area (Å²) in [6.07, 6.45) is 5.62. The number of carboxylic acid groups (broad SMARTS) is 1. The van der Waals surface area contributed by atoms with Gasteiger partial charge in [0.1, 0.15) is 0 Å². The maximum absolute atomic E-state index is 12.2. The topological polar surface area (TPSA) is 70.5 Å². The van der Waals surface area contributed by atoms with E-state index in [4.69, 9.17) is 0 Å². The largest absolute Gasteiger partial charge is 0.481 e. The molecule has 108 valence electrons. The van der Waals surface area contributed by atoms with Crippen LogP contribution in [-0.2, 0) is 16.0 Å². The lowest BCUT2D eigenvalue weighted by molar-refractivity contribution is -0.149. The molecule has 1 fully saturated rings. The van der Waals surface area contributed by atoms with Crippen LogP contribution in [-0.4, -0.2) is 40.0 Å². The molecule has 2 rings (SSSR count). The van der Waals surface area contributed by atoms with E-state index in [0.29, 0.717) is 32.4 Å². The molecule has 5 nitrogen and oxygen atoms in total. The monoisotopic (exact) mass is 276 g/mol. The van der Waals surface area contributed by atoms with E-state index < -0.39 is 11.4 Å². The Morgan fingerprint density at radius 2 is 2.10 bits per heavy atom. The lowest BCUT2D eigenvalue weighted by atomic mass is 9.83. The van der Waals surface area contributed by atoms with Crippen molar-refractivity contribution in [2.24, 2.45) is 5.41 Å². The standard InChI is InChI=1S/C15H20N2O3/c1-2-5-15(14(19)20)6-9-17(11-15)13(18)10-12-3-7-16-8-4-12/h3-4,7-8H,2,5-6,9-11H2,1H3,(H,19,20). The summed E-state index contributed by atoms with van der Waals surface area (Å²) in [6.45, 7) is 2.85. The van der Waals surface area contributed by atoms with E-state index >= 15 is 0 Å². The summed E-state index contributed by atoms with van der Waals surface area (Å²) in [5.74, 6) is -0.783. The lowest BCUT2D eigenvalue weighted by Crippen LogP contribution is -2.37. The molecule has 0 spiro atoms. The molecule has 0 aliphatic carbocycles. The second-order valence-corrected chi connectivity index (χ2v) is 5.43. The number of aromatic nitrogens is 1. The quantitative estimate of drug-likeness (QED) is 0.889. The van der Waals surface area contributed by atoms with Gasteiger partial charge in [-0.3, -0.25) is 14.6 Å². The molecule has 1 aromatic rings. The Morgan fingerprint density at radius 1 is 1.40 bits per heavy atom. The van der Waals surface area contributed by atoms with Crippen LogP contribution in [0.1, 0.15) is 31.7 Å². The number of carbonyl (C=O) groups is 2. The van der Waals surface area contributed by atoms with Crippen LogP contribution in [0.4, 0.5) is 0 Å². The first-order valence-corrected chi connectivity index (χ1v) is 6.97. The van der Waals surface area contributed by atoms with Crippen molar-refractivity contribution < 1.29 is 14.7 Å². The zero-order valence-corrected chi connectivity index (χ0v) is 11.7. The summed E-state index contributed by atoms with van der Waals surface area (Å²) in [6, 6.07) is 3.62. The average molecular weight is 276 g/mol. The van der Waals surface area contributed by atoms with Crippen molar-refractivity contribution in [3.63, 3.8) is 0 Å². The molecular formula is C15H20N2O3. The Labute approximate surface area is 118 Å². The Balaban J connectivity index is 2.01. The number of hydrogen-bond donors (Lipinski definition) is 1. The minimum absolute atomic E-state index is 0.00423. The molecule has 1 atom stereocenters. The molecule has 20 heavy (non-hydrogen) atoms. The van der Waals surface area contributed by atoms with Gasteiger partial charge >= 0.3 is 5.97 Å². The molecule has 0 saturated carbocycles. The van der Waals surface area contributed by atoms with Gasteiger partial charge in [-0.2, -0.15) is 0 Å². The minimum Gasteiger partial charge on any atom is -0.481 e. The number of nitrogens with zero attached hydrogens (tertiary/aromatic N) is 2. The van der Waals surface area contributed by atoms with Gasteiger partial charge in [-0.25, -0.2) is 0 Å². The first kappa shape index (κ1) is 14.5. The van der Waals surface area contributed by atoms with E-state index in [0.717, 1.165) is 12.0 Å². The number of hydrogen-bond acceptors (Lipinski definition) is 3. The number of aliphatic carboxylic acids is 1. The summed E-state index contributed by atoms with van der Waals surface area (Å²) in [5.41, 5.74) is 0.163. The van der Waals surface area contributed by atoms with Crippen LogP contribution >= 0.6 is 0 Å². The second kappa shape index (κ2) is 6.03. The molecule has 1 aliphatic heterocycles. The van der Waals surface area contributed by atoms with Crippen molar-refractivity contribution in [3.8, 4) is 0 Å². The molecular weight excluding hydrogens is 256 g/mol. The Kier molecular flexibility index (Phi) is 4.37. The number of carboxylic acids is 1. The number of rotatable bonds is 5. The molecule has 1 saturated heterocycles. The molecule has 5 heteroatoms. The third-order valence-corrected chi connectivity index (χ3v) is 3.99. The summed E-state index contributed by atoms with van der Waals surface area (Å²) >= 11 is 0. The van der Waals surface area contributed by atoms with Crippen LogP contribution in [0.2, 0.25) is 0 Å². The molecule has 1 amide bonds. The van der Waals surface area contributed by atoms with Crippen LogP contribution < -0.4 is 0 Å². The Morgan fingerprint density at radius 3 is 2.70 bits per heavy atom. The van der Waals surface area contributed by atoms with Crippen molar-refractivity contribution in [1.29, 1.82) is 0 Å². The van der Waals surface area contributed by atoms with Crippen molar-refractivity contribution in [1.82, 2.24) is 9.88 Å². The maximum atomic E-state index is 12.2. The summed E-state index contributed by atoms with van der Waals surface area (Å²) in [7, 11) is 0. The molecule has 1 unspecified atom stereocenters. The van der Waals surface area contributed by atoms with E-state index in [-0.39, 0.29) is 5.91 Å². The molecule has 1 aromatic heterocycles. The predicted molar refractivity (Wildman–Crippen MR) is 74.1 cm³/mol. The third-order valence-electron chi connectivity index (χ3n) is 3.99. The second-order valence-electron chi connectivity index (χ2n) is 5.43. The fourth-order valence-electron chi connectivity index (χ4n) is 2.84. The number of carbonyl (C=O) groups excluding carboxylic acids is 1. The van der Waals surface area contributed by atoms with Gasteiger partial charge in [-0.05, 0) is 30.5 Å². The highest BCUT2D eigenvalue weighted by atomic mass is 16.4. The summed E-state index contributed by atoms with van der Waals surface area (Å²) < 4.78 is 0. The molecule has 0 radical (unpaired) electrons. The highest BCUT2D eigenvalue weighted by Crippen LogP contribution is 2.35. The fourth-order valence-corrected chi connectivity index (χ4v) is 2.84. The molecule has 1 N–H and O–H groups in total. The molecule has 1 aliphatic rings. The lowest BCUT2D eigenvalue weighted by Gasteiger charge is -2.24. The maximum Gasteiger partial charge on any atom is 0.311 e. The van der Waals surface area contributed by atoms with E-state index in [1.54, 1.807) is 17.3 Å². The van der Waals surface area contributed by atoms with Crippen molar-refractivity contribution in [2.75, 3.05) is 13.1 Å². The van der Waals surface area contributed by atoms with Gasteiger partial charge in [0.05, 0.1) is 11.8 Å². The van der Waals surface area contributed by atoms with E-state index in [1.165, 1.54) is 0 Å². The highest BCUT2D eigenvalue weighted by molar-refractivity contribution is 5.82. The van der Waals surface area contributed by atoms with Crippen molar-refractivity contribution in [3.05, 3.63) is 30.1 Å². The molecule has 0 bridgehead atoms. The Bertz CT molecular complexity index is 489. The fraction of sp³-hybridized carbons (Fsp3) is 0.533. The van der Waals surface area contributed by atoms with Crippen LogP contribution in [0.3, 0.4) is 0 Å². The normalized spacial score (nSPS) is 21.9. The van der Waals surface area contributed by atoms with Crippen LogP contribution in [0.5, 0.6) is 0 Å². The zero-order chi connectivity index (χ0) is 14.6. The molecule has 0 aromatic carbocycles. The number of pyridine rings is 1. The summed E-state index contributed by atoms with van der Waals surface area (Å²) in [4.78, 5) is 29.3. The van der Waals surface area contributed by atoms with E-state index in [1.807, 2.05) is 19.1 Å². The van der Waals surface area contributed by atoms with E-state index in [9.17, 15) is 14.7 Å². The SMILES string of the molecule is CCCC1(C(=O)O)CCN(C(=O)Cc2ccncc2)C1. The van der Waals surface area contributed by atoms with Crippen LogP contribution in [0, 0.1) is 5.41 Å². The first-order chi connectivity index (χ1) is 9.57. The Hall–Kier alpha value is -1.91. The summed E-state index contributed by atoms with van der Waals surface area (Å²) in [5, 5.41) is 9.44. The zero-order valence-electron chi connectivity index (χ0n) is 11.7. The van der Waals surface area contributed by atoms with Gasteiger partial charge in [-0.1, -0.05) is 13.3 Å². The van der Waals surface area contributed by atoms with Gasteiger partial charge in [0, 0.05) is 25.5 Å². The number of amides is 1. The van der Waals surface area contributed by atoms with Gasteiger partial charge in [-0.15, -0.1) is 0 Å². The first-order valence-electron chi connectivity index (χ1n) is 6.97. The van der Waals surface area contributed by atoms with Gasteiger partial charge in [0.2, 0.25) is 5.91 Å². The smallest absolute Gasteiger partial charge is 0.311 e. The molecule has 2 heterocycles. The number of likely N-dealkylation sites (tertiary alicyclic amines) is 1. The predicted octanol–water partition coefficient (Wildman–Crippen LogP) is 1.73. The van der Waals surface area contributed by atoms with Gasteiger partial charge < -0.3 is 10.0 Å². The van der Waals surface area contributed by atoms with Gasteiger partial charge in [0.15, 0.2) is 0 Å². The van der Waals surface area contributed by atoms with Gasteiger partial charge in [0.25, 0.3) is 0 Å². The average Bonchev–Trinajstić information content (AvgIpc) is 2.86. The van der Waals surface area contributed by atoms with Crippen molar-refractivity contribution >= 4 is 11.9 Å².